The van der Waals surface area contributed by atoms with Gasteiger partial charge in [-0.1, -0.05) is 30.3 Å². The van der Waals surface area contributed by atoms with Crippen molar-refractivity contribution in [2.24, 2.45) is 5.73 Å². The molecular weight excluding hydrogens is 337 g/mol. The fourth-order valence-corrected chi connectivity index (χ4v) is 2.90. The number of nitrogens with zero attached hydrogens (tertiary/aromatic N) is 1. The van der Waals surface area contributed by atoms with Crippen molar-refractivity contribution in [3.05, 3.63) is 71.0 Å². The molecule has 0 saturated carbocycles. The van der Waals surface area contributed by atoms with Crippen LogP contribution in [0, 0.1) is 5.82 Å². The van der Waals surface area contributed by atoms with E-state index in [1.807, 2.05) is 0 Å². The summed E-state index contributed by atoms with van der Waals surface area (Å²) in [4.78, 5) is 25.1. The molecule has 3 N–H and O–H groups in total. The highest BCUT2D eigenvalue weighted by molar-refractivity contribution is 5.94. The van der Waals surface area contributed by atoms with Crippen LogP contribution in [0.2, 0.25) is 0 Å². The molecule has 1 fully saturated rings. The van der Waals surface area contributed by atoms with E-state index in [1.165, 1.54) is 6.07 Å². The minimum atomic E-state index is -0.599. The molecule has 0 spiro atoms. The smallest absolute Gasteiger partial charge is 0.312 e. The Kier molecular flexibility index (Phi) is 5.48. The van der Waals surface area contributed by atoms with Crippen molar-refractivity contribution < 1.29 is 18.7 Å². The zero-order valence-electron chi connectivity index (χ0n) is 14.2. The van der Waals surface area contributed by atoms with Gasteiger partial charge in [0.15, 0.2) is 0 Å². The first-order chi connectivity index (χ1) is 12.5. The second kappa shape index (κ2) is 7.97. The Morgan fingerprint density at radius 2 is 1.92 bits per heavy atom. The summed E-state index contributed by atoms with van der Waals surface area (Å²) >= 11 is 0. The van der Waals surface area contributed by atoms with Crippen LogP contribution >= 0.6 is 0 Å². The number of benzene rings is 2. The van der Waals surface area contributed by atoms with Gasteiger partial charge in [0.2, 0.25) is 0 Å². The molecule has 136 valence electrons. The van der Waals surface area contributed by atoms with E-state index in [1.54, 1.807) is 47.4 Å². The minimum Gasteiger partial charge on any atom is -0.370 e. The topological polar surface area (TPSA) is 84.7 Å². The normalized spacial score (nSPS) is 17.0. The van der Waals surface area contributed by atoms with Crippen LogP contribution < -0.4 is 11.1 Å². The Morgan fingerprint density at radius 1 is 1.19 bits per heavy atom. The zero-order valence-corrected chi connectivity index (χ0v) is 14.2. The Morgan fingerprint density at radius 3 is 2.62 bits per heavy atom. The summed E-state index contributed by atoms with van der Waals surface area (Å²) in [6.45, 7) is 1.40. The van der Waals surface area contributed by atoms with Crippen LogP contribution in [0.3, 0.4) is 0 Å². The SMILES string of the molecule is NC(=O)NCc1ccc(C(=O)N2CCOC(c3ccccc3F)C2)cc1. The average Bonchev–Trinajstić information content (AvgIpc) is 2.66. The van der Waals surface area contributed by atoms with Crippen molar-refractivity contribution in [1.29, 1.82) is 0 Å². The van der Waals surface area contributed by atoms with E-state index in [9.17, 15) is 14.0 Å². The third-order valence-corrected chi connectivity index (χ3v) is 4.27. The van der Waals surface area contributed by atoms with Crippen molar-refractivity contribution in [3.8, 4) is 0 Å². The maximum Gasteiger partial charge on any atom is 0.312 e. The van der Waals surface area contributed by atoms with Gasteiger partial charge in [0.25, 0.3) is 5.91 Å². The zero-order chi connectivity index (χ0) is 18.5. The van der Waals surface area contributed by atoms with E-state index in [0.717, 1.165) is 5.56 Å². The molecule has 2 aromatic rings. The number of halogens is 1. The minimum absolute atomic E-state index is 0.135. The Hall–Kier alpha value is -2.93. The standard InChI is InChI=1S/C19H20FN3O3/c20-16-4-2-1-3-15(16)17-12-23(9-10-26-17)18(24)14-7-5-13(6-8-14)11-22-19(21)25/h1-8,17H,9-12H2,(H3,21,22,25). The number of rotatable bonds is 4. The molecular formula is C19H20FN3O3. The first-order valence-corrected chi connectivity index (χ1v) is 8.32. The lowest BCUT2D eigenvalue weighted by Crippen LogP contribution is -2.42. The fourth-order valence-electron chi connectivity index (χ4n) is 2.90. The monoisotopic (exact) mass is 357 g/mol. The molecule has 7 heteroatoms. The Labute approximate surface area is 150 Å². The van der Waals surface area contributed by atoms with Crippen LogP contribution in [0.25, 0.3) is 0 Å². The molecule has 1 heterocycles. The highest BCUT2D eigenvalue weighted by Crippen LogP contribution is 2.25. The molecule has 0 bridgehead atoms. The van der Waals surface area contributed by atoms with Crippen LogP contribution in [0.4, 0.5) is 9.18 Å². The van der Waals surface area contributed by atoms with Crippen LogP contribution in [-0.4, -0.2) is 36.5 Å². The summed E-state index contributed by atoms with van der Waals surface area (Å²) in [6, 6.07) is 12.8. The fraction of sp³-hybridized carbons (Fsp3) is 0.263. The van der Waals surface area contributed by atoms with E-state index < -0.39 is 12.1 Å². The number of morpholine rings is 1. The molecule has 1 aliphatic heterocycles. The molecule has 1 aliphatic rings. The third-order valence-electron chi connectivity index (χ3n) is 4.27. The van der Waals surface area contributed by atoms with Gasteiger partial charge in [0.05, 0.1) is 13.2 Å². The molecule has 0 aliphatic carbocycles. The van der Waals surface area contributed by atoms with Gasteiger partial charge in [0, 0.05) is 24.2 Å². The number of hydrogen-bond donors (Lipinski definition) is 2. The Bertz CT molecular complexity index is 795. The van der Waals surface area contributed by atoms with Gasteiger partial charge >= 0.3 is 6.03 Å². The number of primary amides is 1. The quantitative estimate of drug-likeness (QED) is 0.880. The van der Waals surface area contributed by atoms with Gasteiger partial charge in [-0.25, -0.2) is 9.18 Å². The second-order valence-electron chi connectivity index (χ2n) is 6.05. The van der Waals surface area contributed by atoms with Crippen LogP contribution in [0.5, 0.6) is 0 Å². The number of ether oxygens (including phenoxy) is 1. The van der Waals surface area contributed by atoms with Gasteiger partial charge in [-0.3, -0.25) is 4.79 Å². The van der Waals surface area contributed by atoms with Crippen molar-refractivity contribution >= 4 is 11.9 Å². The maximum atomic E-state index is 14.0. The summed E-state index contributed by atoms with van der Waals surface area (Å²) in [6.07, 6.45) is -0.479. The molecule has 2 aromatic carbocycles. The van der Waals surface area contributed by atoms with E-state index in [2.05, 4.69) is 5.32 Å². The van der Waals surface area contributed by atoms with Gasteiger partial charge in [-0.15, -0.1) is 0 Å². The number of carbonyl (C=O) groups is 2. The Balaban J connectivity index is 1.67. The summed E-state index contributed by atoms with van der Waals surface area (Å²) < 4.78 is 19.6. The van der Waals surface area contributed by atoms with Gasteiger partial charge < -0.3 is 20.7 Å². The molecule has 0 radical (unpaired) electrons. The summed E-state index contributed by atoms with van der Waals surface area (Å²) in [5.41, 5.74) is 6.86. The lowest BCUT2D eigenvalue weighted by Gasteiger charge is -2.33. The number of urea groups is 1. The number of amides is 3. The molecule has 1 saturated heterocycles. The van der Waals surface area contributed by atoms with Crippen LogP contribution in [0.1, 0.15) is 27.6 Å². The molecule has 6 nitrogen and oxygen atoms in total. The molecule has 26 heavy (non-hydrogen) atoms. The van der Waals surface area contributed by atoms with Crippen LogP contribution in [0.15, 0.2) is 48.5 Å². The lowest BCUT2D eigenvalue weighted by atomic mass is 10.1. The summed E-state index contributed by atoms with van der Waals surface area (Å²) in [5, 5.41) is 2.49. The van der Waals surface area contributed by atoms with Gasteiger partial charge in [-0.2, -0.15) is 0 Å². The van der Waals surface area contributed by atoms with Crippen molar-refractivity contribution in [3.63, 3.8) is 0 Å². The molecule has 0 aromatic heterocycles. The largest absolute Gasteiger partial charge is 0.370 e. The molecule has 1 unspecified atom stereocenters. The maximum absolute atomic E-state index is 14.0. The van der Waals surface area contributed by atoms with Crippen molar-refractivity contribution in [1.82, 2.24) is 10.2 Å². The molecule has 1 atom stereocenters. The average molecular weight is 357 g/mol. The molecule has 3 rings (SSSR count). The second-order valence-corrected chi connectivity index (χ2v) is 6.05. The number of hydrogen-bond acceptors (Lipinski definition) is 3. The number of carbonyl (C=O) groups excluding carboxylic acids is 2. The van der Waals surface area contributed by atoms with Gasteiger partial charge in [0.1, 0.15) is 11.9 Å². The molecule has 3 amide bonds. The lowest BCUT2D eigenvalue weighted by molar-refractivity contribution is -0.0243. The van der Waals surface area contributed by atoms with Crippen LogP contribution in [-0.2, 0) is 11.3 Å². The first kappa shape index (κ1) is 17.9. The van der Waals surface area contributed by atoms with Crippen molar-refractivity contribution in [2.45, 2.75) is 12.6 Å². The van der Waals surface area contributed by atoms with E-state index in [4.69, 9.17) is 10.5 Å². The highest BCUT2D eigenvalue weighted by atomic mass is 19.1. The third kappa shape index (κ3) is 4.18. The summed E-state index contributed by atoms with van der Waals surface area (Å²) in [7, 11) is 0. The van der Waals surface area contributed by atoms with E-state index >= 15 is 0 Å². The predicted molar refractivity (Wildman–Crippen MR) is 93.9 cm³/mol. The van der Waals surface area contributed by atoms with Crippen molar-refractivity contribution in [2.75, 3.05) is 19.7 Å². The van der Waals surface area contributed by atoms with Gasteiger partial charge in [-0.05, 0) is 23.8 Å². The number of nitrogens with one attached hydrogen (secondary N) is 1. The predicted octanol–water partition coefficient (Wildman–Crippen LogP) is 2.21. The summed E-state index contributed by atoms with van der Waals surface area (Å²) in [5.74, 6) is -0.470. The first-order valence-electron chi connectivity index (χ1n) is 8.32. The highest BCUT2D eigenvalue weighted by Gasteiger charge is 2.27. The number of nitrogens with two attached hydrogens (primary N) is 1. The van der Waals surface area contributed by atoms with E-state index in [0.29, 0.717) is 37.4 Å². The van der Waals surface area contributed by atoms with E-state index in [-0.39, 0.29) is 11.7 Å².